The molecule has 3 rings (SSSR count). The molecule has 29 heavy (non-hydrogen) atoms. The minimum absolute atomic E-state index is 0.246. The Kier molecular flexibility index (Phi) is 6.89. The van der Waals surface area contributed by atoms with Gasteiger partial charge in [-0.3, -0.25) is 10.0 Å². The zero-order valence-electron chi connectivity index (χ0n) is 16.5. The summed E-state index contributed by atoms with van der Waals surface area (Å²) in [6.45, 7) is 3.98. The highest BCUT2D eigenvalue weighted by Crippen LogP contribution is 2.22. The predicted octanol–water partition coefficient (Wildman–Crippen LogP) is 1.81. The van der Waals surface area contributed by atoms with E-state index in [1.165, 1.54) is 4.31 Å². The maximum Gasteiger partial charge on any atom is 0.247 e. The van der Waals surface area contributed by atoms with Gasteiger partial charge in [0.25, 0.3) is 0 Å². The summed E-state index contributed by atoms with van der Waals surface area (Å²) in [5.74, 6) is -1.88. The van der Waals surface area contributed by atoms with Crippen molar-refractivity contribution in [2.24, 2.45) is 5.92 Å². The highest BCUT2D eigenvalue weighted by molar-refractivity contribution is 7.89. The van der Waals surface area contributed by atoms with Gasteiger partial charge in [-0.05, 0) is 30.5 Å². The highest BCUT2D eigenvalue weighted by Gasteiger charge is 2.32. The molecule has 0 radical (unpaired) electrons. The molecule has 8 heteroatoms. The predicted molar refractivity (Wildman–Crippen MR) is 112 cm³/mol. The first-order chi connectivity index (χ1) is 13.9. The number of nitrogens with zero attached hydrogens (tertiary/aromatic N) is 2. The summed E-state index contributed by atoms with van der Waals surface area (Å²) in [6.07, 6.45) is 0.246. The molecule has 0 saturated carbocycles. The summed E-state index contributed by atoms with van der Waals surface area (Å²) in [7, 11) is -3.64. The number of benzene rings is 2. The monoisotopic (exact) mass is 417 g/mol. The number of anilines is 1. The van der Waals surface area contributed by atoms with Crippen molar-refractivity contribution < 1.29 is 18.4 Å². The Morgan fingerprint density at radius 1 is 1.03 bits per heavy atom. The fourth-order valence-corrected chi connectivity index (χ4v) is 5.41. The summed E-state index contributed by atoms with van der Waals surface area (Å²) in [5.41, 5.74) is 4.74. The molecule has 0 aliphatic carbocycles. The van der Waals surface area contributed by atoms with Crippen LogP contribution < -0.4 is 10.4 Å². The molecule has 1 saturated heterocycles. The van der Waals surface area contributed by atoms with Gasteiger partial charge < -0.3 is 4.90 Å². The molecular formula is C21H27N3O4S. The zero-order valence-corrected chi connectivity index (χ0v) is 17.3. The Bertz CT molecular complexity index is 926. The van der Waals surface area contributed by atoms with Crippen LogP contribution in [0.3, 0.4) is 0 Å². The molecule has 2 aromatic rings. The van der Waals surface area contributed by atoms with Crippen molar-refractivity contribution in [1.82, 2.24) is 9.79 Å². The fraction of sp³-hybridized carbons (Fsp3) is 0.381. The number of nitrogens with one attached hydrogen (secondary N) is 1. The van der Waals surface area contributed by atoms with E-state index < -0.39 is 21.8 Å². The Morgan fingerprint density at radius 3 is 2.28 bits per heavy atom. The normalized spacial score (nSPS) is 16.4. The topological polar surface area (TPSA) is 90.0 Å². The highest BCUT2D eigenvalue weighted by atomic mass is 32.2. The van der Waals surface area contributed by atoms with Gasteiger partial charge in [-0.1, -0.05) is 48.5 Å². The van der Waals surface area contributed by atoms with Gasteiger partial charge in [0.05, 0.1) is 11.7 Å². The molecule has 7 nitrogen and oxygen atoms in total. The van der Waals surface area contributed by atoms with E-state index in [9.17, 15) is 13.2 Å². The van der Waals surface area contributed by atoms with Gasteiger partial charge in [-0.2, -0.15) is 4.31 Å². The van der Waals surface area contributed by atoms with Gasteiger partial charge in [0, 0.05) is 31.9 Å². The zero-order chi connectivity index (χ0) is 20.9. The lowest BCUT2D eigenvalue weighted by Crippen LogP contribution is -2.50. The molecule has 2 aromatic carbocycles. The lowest BCUT2D eigenvalue weighted by atomic mass is 10.0. The van der Waals surface area contributed by atoms with Crippen LogP contribution in [0.25, 0.3) is 0 Å². The van der Waals surface area contributed by atoms with Crippen molar-refractivity contribution in [3.8, 4) is 0 Å². The molecule has 1 amide bonds. The van der Waals surface area contributed by atoms with Crippen molar-refractivity contribution in [1.29, 1.82) is 0 Å². The van der Waals surface area contributed by atoms with Crippen molar-refractivity contribution in [2.45, 2.75) is 13.3 Å². The van der Waals surface area contributed by atoms with Gasteiger partial charge in [-0.25, -0.2) is 13.9 Å². The number of piperazine rings is 1. The standard InChI is InChI=1S/C21H27N3O4S/c1-17-7-5-6-10-20(17)23-11-13-24(14-12-23)29(27,28)16-19(21(25)22-26)15-18-8-3-2-4-9-18/h2-10,19,26H,11-16H2,1H3,(H,22,25). The second kappa shape index (κ2) is 9.39. The molecule has 0 aromatic heterocycles. The van der Waals surface area contributed by atoms with Gasteiger partial charge in [0.2, 0.25) is 15.9 Å². The maximum absolute atomic E-state index is 13.0. The lowest BCUT2D eigenvalue weighted by Gasteiger charge is -2.36. The number of aryl methyl sites for hydroxylation is 1. The van der Waals surface area contributed by atoms with Crippen LogP contribution in [0.5, 0.6) is 0 Å². The van der Waals surface area contributed by atoms with E-state index in [2.05, 4.69) is 4.90 Å². The molecule has 156 valence electrons. The number of hydroxylamine groups is 1. The van der Waals surface area contributed by atoms with Crippen LogP contribution in [0.15, 0.2) is 54.6 Å². The number of sulfonamides is 1. The molecule has 1 atom stereocenters. The molecule has 0 spiro atoms. The Morgan fingerprint density at radius 2 is 1.66 bits per heavy atom. The van der Waals surface area contributed by atoms with Crippen molar-refractivity contribution in [2.75, 3.05) is 36.8 Å². The molecule has 1 unspecified atom stereocenters. The number of hydrogen-bond acceptors (Lipinski definition) is 5. The molecule has 1 aliphatic rings. The van der Waals surface area contributed by atoms with Crippen LogP contribution in [0.2, 0.25) is 0 Å². The molecule has 1 heterocycles. The van der Waals surface area contributed by atoms with E-state index in [0.29, 0.717) is 26.2 Å². The van der Waals surface area contributed by atoms with Crippen molar-refractivity contribution in [3.05, 3.63) is 65.7 Å². The van der Waals surface area contributed by atoms with E-state index >= 15 is 0 Å². The van der Waals surface area contributed by atoms with Crippen LogP contribution in [0.1, 0.15) is 11.1 Å². The third-order valence-electron chi connectivity index (χ3n) is 5.31. The van der Waals surface area contributed by atoms with Crippen LogP contribution in [-0.4, -0.2) is 55.8 Å². The van der Waals surface area contributed by atoms with E-state index in [1.54, 1.807) is 5.48 Å². The van der Waals surface area contributed by atoms with E-state index in [4.69, 9.17) is 5.21 Å². The Labute approximate surface area is 172 Å². The minimum Gasteiger partial charge on any atom is -0.369 e. The molecular weight excluding hydrogens is 390 g/mol. The number of carbonyl (C=O) groups excluding carboxylic acids is 1. The Balaban J connectivity index is 1.66. The minimum atomic E-state index is -3.64. The Hall–Kier alpha value is -2.42. The van der Waals surface area contributed by atoms with Crippen molar-refractivity contribution >= 4 is 21.6 Å². The van der Waals surface area contributed by atoms with Gasteiger partial charge >= 0.3 is 0 Å². The summed E-state index contributed by atoms with van der Waals surface area (Å²) < 4.78 is 27.4. The number of rotatable bonds is 7. The first-order valence-electron chi connectivity index (χ1n) is 9.67. The van der Waals surface area contributed by atoms with Crippen LogP contribution >= 0.6 is 0 Å². The summed E-state index contributed by atoms with van der Waals surface area (Å²) in [4.78, 5) is 14.3. The second-order valence-corrected chi connectivity index (χ2v) is 9.33. The van der Waals surface area contributed by atoms with Crippen LogP contribution in [0, 0.1) is 12.8 Å². The molecule has 2 N–H and O–H groups in total. The third kappa shape index (κ3) is 5.35. The first kappa shape index (κ1) is 21.3. The van der Waals surface area contributed by atoms with Crippen molar-refractivity contribution in [3.63, 3.8) is 0 Å². The summed E-state index contributed by atoms with van der Waals surface area (Å²) >= 11 is 0. The average Bonchev–Trinajstić information content (AvgIpc) is 2.74. The average molecular weight is 418 g/mol. The largest absolute Gasteiger partial charge is 0.369 e. The number of para-hydroxylation sites is 1. The number of amides is 1. The van der Waals surface area contributed by atoms with E-state index in [-0.39, 0.29) is 12.2 Å². The smallest absolute Gasteiger partial charge is 0.247 e. The summed E-state index contributed by atoms with van der Waals surface area (Å²) in [6, 6.07) is 17.3. The maximum atomic E-state index is 13.0. The van der Waals surface area contributed by atoms with E-state index in [1.807, 2.05) is 61.5 Å². The van der Waals surface area contributed by atoms with Crippen LogP contribution in [-0.2, 0) is 21.2 Å². The second-order valence-electron chi connectivity index (χ2n) is 7.31. The molecule has 0 bridgehead atoms. The quantitative estimate of drug-likeness (QED) is 0.530. The SMILES string of the molecule is Cc1ccccc1N1CCN(S(=O)(=O)CC(Cc2ccccc2)C(=O)NO)CC1. The fourth-order valence-electron chi connectivity index (χ4n) is 3.70. The first-order valence-corrected chi connectivity index (χ1v) is 11.3. The van der Waals surface area contributed by atoms with Crippen LogP contribution in [0.4, 0.5) is 5.69 Å². The summed E-state index contributed by atoms with van der Waals surface area (Å²) in [5, 5.41) is 9.06. The molecule has 1 fully saturated rings. The van der Waals surface area contributed by atoms with Gasteiger partial charge in [0.15, 0.2) is 0 Å². The lowest BCUT2D eigenvalue weighted by molar-refractivity contribution is -0.132. The number of carbonyl (C=O) groups is 1. The van der Waals surface area contributed by atoms with E-state index in [0.717, 1.165) is 16.8 Å². The third-order valence-corrected chi connectivity index (χ3v) is 7.28. The molecule has 1 aliphatic heterocycles. The number of hydrogen-bond donors (Lipinski definition) is 2. The van der Waals surface area contributed by atoms with Gasteiger partial charge in [-0.15, -0.1) is 0 Å². The van der Waals surface area contributed by atoms with Gasteiger partial charge in [0.1, 0.15) is 0 Å².